The predicted molar refractivity (Wildman–Crippen MR) is 61.8 cm³/mol. The van der Waals surface area contributed by atoms with Gasteiger partial charge in [-0.1, -0.05) is 0 Å². The van der Waals surface area contributed by atoms with Crippen molar-refractivity contribution in [1.82, 2.24) is 9.80 Å². The molecule has 0 unspecified atom stereocenters. The fraction of sp³-hybridized carbons (Fsp3) is 0.889. The van der Waals surface area contributed by atoms with E-state index in [1.165, 1.54) is 0 Å². The molecule has 0 spiro atoms. The van der Waals surface area contributed by atoms with Crippen LogP contribution in [-0.2, 0) is 14.9 Å². The van der Waals surface area contributed by atoms with Crippen LogP contribution in [0.2, 0.25) is 0 Å². The van der Waals surface area contributed by atoms with E-state index in [0.717, 1.165) is 26.2 Å². The molecule has 0 aliphatic carbocycles. The Bertz CT molecular complexity index is 301. The maximum absolute atomic E-state index is 10.6. The summed E-state index contributed by atoms with van der Waals surface area (Å²) < 4.78 is 34.5. The molecule has 1 aliphatic rings. The second kappa shape index (κ2) is 7.24. The number of ether oxygens (including phenoxy) is 1. The average Bonchev–Trinajstić information content (AvgIpc) is 2.27. The third kappa shape index (κ3) is 6.92. The molecule has 0 aromatic carbocycles. The highest BCUT2D eigenvalue weighted by Gasteiger charge is 2.17. The molecule has 0 saturated carbocycles. The second-order valence-electron chi connectivity index (χ2n) is 3.89. The van der Waals surface area contributed by atoms with Gasteiger partial charge in [-0.05, 0) is 0 Å². The summed E-state index contributed by atoms with van der Waals surface area (Å²) >= 11 is 0. The molecule has 101 valence electrons. The van der Waals surface area contributed by atoms with E-state index in [9.17, 15) is 8.42 Å². The van der Waals surface area contributed by atoms with Crippen molar-refractivity contribution in [3.63, 3.8) is 0 Å². The summed E-state index contributed by atoms with van der Waals surface area (Å²) in [5.41, 5.74) is 0. The third-order valence-electron chi connectivity index (χ3n) is 2.66. The summed E-state index contributed by atoms with van der Waals surface area (Å²) in [6, 6.07) is 0. The molecule has 1 aliphatic heterocycles. The van der Waals surface area contributed by atoms with Crippen LogP contribution in [0.3, 0.4) is 0 Å². The molecule has 1 saturated heterocycles. The quantitative estimate of drug-likeness (QED) is 0.334. The van der Waals surface area contributed by atoms with Crippen LogP contribution >= 0.6 is 0 Å². The van der Waals surface area contributed by atoms with Crippen LogP contribution in [-0.4, -0.2) is 79.7 Å². The van der Waals surface area contributed by atoms with Crippen LogP contribution in [0.4, 0.5) is 0 Å². The van der Waals surface area contributed by atoms with Gasteiger partial charge in [0.25, 0.3) is 10.1 Å². The summed E-state index contributed by atoms with van der Waals surface area (Å²) in [4.78, 5) is 4.14. The molecule has 17 heavy (non-hydrogen) atoms. The lowest BCUT2D eigenvalue weighted by Gasteiger charge is -2.34. The summed E-state index contributed by atoms with van der Waals surface area (Å²) in [6.07, 6.45) is 0. The predicted octanol–water partition coefficient (Wildman–Crippen LogP) is -1.38. The fourth-order valence-corrected chi connectivity index (χ4v) is 2.14. The molecular formula is C9H19N2O5S. The molecular weight excluding hydrogens is 248 g/mol. The molecule has 2 N–H and O–H groups in total. The number of nitrogens with zero attached hydrogens (tertiary/aromatic N) is 2. The van der Waals surface area contributed by atoms with Gasteiger partial charge in [0, 0.05) is 39.3 Å². The molecule has 0 amide bonds. The smallest absolute Gasteiger partial charge is 0.266 e. The van der Waals surface area contributed by atoms with Gasteiger partial charge < -0.3 is 9.84 Å². The van der Waals surface area contributed by atoms with E-state index in [0.29, 0.717) is 13.1 Å². The standard InChI is InChI=1S/C9H19N2O5S/c12-9-16-7-5-10-1-3-11(4-2-10)6-8-17(13,14)15/h7,12H,1-6,8-9H2,(H,13,14,15). The first-order valence-corrected chi connectivity index (χ1v) is 7.06. The van der Waals surface area contributed by atoms with E-state index < -0.39 is 10.1 Å². The second-order valence-corrected chi connectivity index (χ2v) is 5.46. The van der Waals surface area contributed by atoms with Crippen LogP contribution in [0, 0.1) is 6.61 Å². The topological polar surface area (TPSA) is 90.3 Å². The lowest BCUT2D eigenvalue weighted by atomic mass is 10.3. The highest BCUT2D eigenvalue weighted by Crippen LogP contribution is 2.02. The molecule has 0 bridgehead atoms. The van der Waals surface area contributed by atoms with Gasteiger partial charge in [-0.25, -0.2) is 0 Å². The first-order valence-electron chi connectivity index (χ1n) is 5.45. The Balaban J connectivity index is 2.13. The Labute approximate surface area is 102 Å². The highest BCUT2D eigenvalue weighted by atomic mass is 32.2. The largest absolute Gasteiger partial charge is 0.371 e. The normalized spacial score (nSPS) is 19.6. The summed E-state index contributed by atoms with van der Waals surface area (Å²) in [5.74, 6) is -0.216. The molecule has 1 heterocycles. The zero-order valence-corrected chi connectivity index (χ0v) is 10.5. The molecule has 0 aromatic rings. The molecule has 8 heteroatoms. The van der Waals surface area contributed by atoms with E-state index in [2.05, 4.69) is 4.90 Å². The first kappa shape index (κ1) is 14.8. The Hall–Kier alpha value is -0.250. The van der Waals surface area contributed by atoms with Gasteiger partial charge in [0.15, 0.2) is 0 Å². The van der Waals surface area contributed by atoms with Crippen LogP contribution in [0.1, 0.15) is 0 Å². The summed E-state index contributed by atoms with van der Waals surface area (Å²) in [7, 11) is -3.86. The van der Waals surface area contributed by atoms with Crippen molar-refractivity contribution in [3.8, 4) is 0 Å². The van der Waals surface area contributed by atoms with Crippen LogP contribution < -0.4 is 0 Å². The minimum Gasteiger partial charge on any atom is -0.371 e. The van der Waals surface area contributed by atoms with Crippen LogP contribution in [0.5, 0.6) is 0 Å². The van der Waals surface area contributed by atoms with Gasteiger partial charge in [0.1, 0.15) is 13.4 Å². The van der Waals surface area contributed by atoms with Gasteiger partial charge in [0.05, 0.1) is 5.75 Å². The van der Waals surface area contributed by atoms with Crippen molar-refractivity contribution in [2.24, 2.45) is 0 Å². The molecule has 7 nitrogen and oxygen atoms in total. The molecule has 0 atom stereocenters. The van der Waals surface area contributed by atoms with Gasteiger partial charge in [-0.2, -0.15) is 8.42 Å². The van der Waals surface area contributed by atoms with Gasteiger partial charge in [-0.15, -0.1) is 0 Å². The van der Waals surface area contributed by atoms with Crippen molar-refractivity contribution in [2.45, 2.75) is 0 Å². The van der Waals surface area contributed by atoms with Crippen molar-refractivity contribution in [1.29, 1.82) is 0 Å². The maximum atomic E-state index is 10.6. The first-order chi connectivity index (χ1) is 8.01. The van der Waals surface area contributed by atoms with Gasteiger partial charge in [0.2, 0.25) is 0 Å². The van der Waals surface area contributed by atoms with Crippen molar-refractivity contribution >= 4 is 10.1 Å². The number of piperazine rings is 1. The lowest BCUT2D eigenvalue weighted by Crippen LogP contribution is -2.47. The lowest BCUT2D eigenvalue weighted by molar-refractivity contribution is 0.0212. The number of hydrogen-bond donors (Lipinski definition) is 2. The number of hydrogen-bond acceptors (Lipinski definition) is 6. The fourth-order valence-electron chi connectivity index (χ4n) is 1.65. The molecule has 0 aromatic heterocycles. The summed E-state index contributed by atoms with van der Waals surface area (Å²) in [6.45, 7) is 5.41. The van der Waals surface area contributed by atoms with E-state index in [1.807, 2.05) is 4.90 Å². The molecule has 1 fully saturated rings. The highest BCUT2D eigenvalue weighted by molar-refractivity contribution is 7.85. The Kier molecular flexibility index (Phi) is 6.31. The Morgan fingerprint density at radius 2 is 1.76 bits per heavy atom. The van der Waals surface area contributed by atoms with E-state index >= 15 is 0 Å². The van der Waals surface area contributed by atoms with Gasteiger partial charge in [-0.3, -0.25) is 14.4 Å². The minimum absolute atomic E-state index is 0.216. The number of rotatable bonds is 7. The summed E-state index contributed by atoms with van der Waals surface area (Å²) in [5, 5.41) is 8.42. The van der Waals surface area contributed by atoms with Crippen molar-refractivity contribution < 1.29 is 22.8 Å². The SMILES string of the molecule is O=S(=O)(O)CCN1CCN(C[CH]OCO)CC1. The monoisotopic (exact) mass is 267 g/mol. The zero-order valence-electron chi connectivity index (χ0n) is 9.66. The Morgan fingerprint density at radius 1 is 1.18 bits per heavy atom. The third-order valence-corrected chi connectivity index (χ3v) is 3.35. The van der Waals surface area contributed by atoms with Crippen molar-refractivity contribution in [3.05, 3.63) is 6.61 Å². The number of aliphatic hydroxyl groups is 1. The minimum atomic E-state index is -3.86. The maximum Gasteiger partial charge on any atom is 0.266 e. The van der Waals surface area contributed by atoms with E-state index in [1.54, 1.807) is 6.61 Å². The van der Waals surface area contributed by atoms with Crippen LogP contribution in [0.25, 0.3) is 0 Å². The molecule has 1 rings (SSSR count). The van der Waals surface area contributed by atoms with Crippen LogP contribution in [0.15, 0.2) is 0 Å². The Morgan fingerprint density at radius 3 is 2.29 bits per heavy atom. The zero-order chi connectivity index (χ0) is 12.7. The average molecular weight is 267 g/mol. The molecule has 1 radical (unpaired) electrons. The van der Waals surface area contributed by atoms with E-state index in [-0.39, 0.29) is 12.5 Å². The van der Waals surface area contributed by atoms with Crippen molar-refractivity contribution in [2.75, 3.05) is 51.8 Å². The van der Waals surface area contributed by atoms with E-state index in [4.69, 9.17) is 14.4 Å². The number of aliphatic hydroxyl groups excluding tert-OH is 1. The van der Waals surface area contributed by atoms with Gasteiger partial charge >= 0.3 is 0 Å².